The second kappa shape index (κ2) is 6.53. The zero-order valence-electron chi connectivity index (χ0n) is 11.7. The van der Waals surface area contributed by atoms with Crippen LogP contribution in [0.2, 0.25) is 10.0 Å². The van der Waals surface area contributed by atoms with Gasteiger partial charge >= 0.3 is 0 Å². The summed E-state index contributed by atoms with van der Waals surface area (Å²) in [5, 5.41) is 7.20. The zero-order valence-corrected chi connectivity index (χ0v) is 13.3. The smallest absolute Gasteiger partial charge is 0.238 e. The number of piperidine rings is 1. The summed E-state index contributed by atoms with van der Waals surface area (Å²) in [6.07, 6.45) is 2.41. The summed E-state index contributed by atoms with van der Waals surface area (Å²) in [7, 11) is 0. The minimum atomic E-state index is -0.0578. The Labute approximate surface area is 134 Å². The Kier molecular flexibility index (Phi) is 4.69. The second-order valence-corrected chi connectivity index (χ2v) is 6.56. The molecule has 2 fully saturated rings. The minimum absolute atomic E-state index is 0.0578. The van der Waals surface area contributed by atoms with Gasteiger partial charge in [-0.25, -0.2) is 0 Å². The third-order valence-electron chi connectivity index (χ3n) is 4.37. The molecular weight excluding hydrogens is 309 g/mol. The van der Waals surface area contributed by atoms with Crippen LogP contribution in [0, 0.1) is 5.92 Å². The van der Waals surface area contributed by atoms with Gasteiger partial charge in [-0.1, -0.05) is 29.3 Å². The topological polar surface area (TPSA) is 44.4 Å². The van der Waals surface area contributed by atoms with Gasteiger partial charge < -0.3 is 10.6 Å². The Morgan fingerprint density at radius 1 is 1.33 bits per heavy atom. The van der Waals surface area contributed by atoms with Gasteiger partial charge in [0.05, 0.1) is 22.3 Å². The number of amides is 1. The lowest BCUT2D eigenvalue weighted by Gasteiger charge is -2.36. The Balaban J connectivity index is 1.64. The van der Waals surface area contributed by atoms with Crippen molar-refractivity contribution in [2.45, 2.75) is 18.9 Å². The number of nitrogens with zero attached hydrogens (tertiary/aromatic N) is 1. The molecule has 2 atom stereocenters. The van der Waals surface area contributed by atoms with E-state index >= 15 is 0 Å². The first-order valence-electron chi connectivity index (χ1n) is 7.34. The average molecular weight is 328 g/mol. The first kappa shape index (κ1) is 15.1. The minimum Gasteiger partial charge on any atom is -0.322 e. The maximum absolute atomic E-state index is 12.3. The summed E-state index contributed by atoms with van der Waals surface area (Å²) in [5.41, 5.74) is 0.504. The van der Waals surface area contributed by atoms with E-state index < -0.39 is 0 Å². The maximum atomic E-state index is 12.3. The summed E-state index contributed by atoms with van der Waals surface area (Å²) < 4.78 is 0. The number of rotatable bonds is 3. The molecule has 0 radical (unpaired) electrons. The van der Waals surface area contributed by atoms with Crippen molar-refractivity contribution < 1.29 is 4.79 Å². The van der Waals surface area contributed by atoms with Crippen LogP contribution in [0.15, 0.2) is 18.2 Å². The molecule has 1 aromatic rings. The van der Waals surface area contributed by atoms with Gasteiger partial charge in [0.25, 0.3) is 0 Å². The molecule has 21 heavy (non-hydrogen) atoms. The average Bonchev–Trinajstić information content (AvgIpc) is 2.93. The molecule has 2 saturated heterocycles. The van der Waals surface area contributed by atoms with Crippen LogP contribution in [0.1, 0.15) is 12.8 Å². The molecule has 2 aliphatic rings. The van der Waals surface area contributed by atoms with Gasteiger partial charge in [0.15, 0.2) is 0 Å². The van der Waals surface area contributed by atoms with E-state index in [1.165, 1.54) is 6.42 Å². The van der Waals surface area contributed by atoms with E-state index in [0.29, 0.717) is 34.2 Å². The van der Waals surface area contributed by atoms with Gasteiger partial charge in [-0.3, -0.25) is 9.69 Å². The molecule has 114 valence electrons. The van der Waals surface area contributed by atoms with Crippen molar-refractivity contribution in [3.63, 3.8) is 0 Å². The number of benzene rings is 1. The molecule has 0 aromatic heterocycles. The maximum Gasteiger partial charge on any atom is 0.238 e. The van der Waals surface area contributed by atoms with E-state index in [1.54, 1.807) is 18.2 Å². The third kappa shape index (κ3) is 3.34. The summed E-state index contributed by atoms with van der Waals surface area (Å²) in [5.74, 6) is 0.619. The summed E-state index contributed by atoms with van der Waals surface area (Å²) >= 11 is 12.2. The van der Waals surface area contributed by atoms with Crippen LogP contribution in [0.3, 0.4) is 0 Å². The standard InChI is InChI=1S/C15H19Cl2N3O/c16-11-4-1-5-12(17)15(11)19-14(21)9-20-6-2-3-10-7-18-8-13(10)20/h1,4-5,10,13,18H,2-3,6-9H2,(H,19,21). The predicted molar refractivity (Wildman–Crippen MR) is 86.0 cm³/mol. The fourth-order valence-electron chi connectivity index (χ4n) is 3.34. The fraction of sp³-hybridized carbons (Fsp3) is 0.533. The fourth-order valence-corrected chi connectivity index (χ4v) is 3.83. The number of hydrogen-bond donors (Lipinski definition) is 2. The van der Waals surface area contributed by atoms with E-state index in [0.717, 1.165) is 26.1 Å². The Morgan fingerprint density at radius 2 is 2.10 bits per heavy atom. The third-order valence-corrected chi connectivity index (χ3v) is 5.00. The molecule has 2 heterocycles. The first-order valence-corrected chi connectivity index (χ1v) is 8.09. The zero-order chi connectivity index (χ0) is 14.8. The summed E-state index contributed by atoms with van der Waals surface area (Å²) in [6, 6.07) is 5.69. The van der Waals surface area contributed by atoms with Crippen LogP contribution in [-0.2, 0) is 4.79 Å². The molecule has 2 aliphatic heterocycles. The van der Waals surface area contributed by atoms with Crippen LogP contribution >= 0.6 is 23.2 Å². The van der Waals surface area contributed by atoms with Crippen LogP contribution in [-0.4, -0.2) is 43.0 Å². The molecule has 3 rings (SSSR count). The van der Waals surface area contributed by atoms with E-state index in [2.05, 4.69) is 15.5 Å². The number of carbonyl (C=O) groups excluding carboxylic acids is 1. The van der Waals surface area contributed by atoms with E-state index in [-0.39, 0.29) is 5.91 Å². The molecule has 2 N–H and O–H groups in total. The monoisotopic (exact) mass is 327 g/mol. The van der Waals surface area contributed by atoms with Gasteiger partial charge in [-0.15, -0.1) is 0 Å². The van der Waals surface area contributed by atoms with Crippen molar-refractivity contribution >= 4 is 34.8 Å². The highest BCUT2D eigenvalue weighted by Crippen LogP contribution is 2.30. The molecule has 2 unspecified atom stereocenters. The Hall–Kier alpha value is -0.810. The summed E-state index contributed by atoms with van der Waals surface area (Å²) in [6.45, 7) is 3.42. The van der Waals surface area contributed by atoms with E-state index in [4.69, 9.17) is 23.2 Å². The molecule has 6 heteroatoms. The van der Waals surface area contributed by atoms with Gasteiger partial charge in [-0.2, -0.15) is 0 Å². The van der Waals surface area contributed by atoms with E-state index in [1.807, 2.05) is 0 Å². The lowest BCUT2D eigenvalue weighted by atomic mass is 9.92. The van der Waals surface area contributed by atoms with Crippen molar-refractivity contribution in [1.82, 2.24) is 10.2 Å². The Bertz CT molecular complexity index is 517. The number of likely N-dealkylation sites (tertiary alicyclic amines) is 1. The highest BCUT2D eigenvalue weighted by Gasteiger charge is 2.35. The molecule has 0 bridgehead atoms. The molecule has 0 aliphatic carbocycles. The number of anilines is 1. The van der Waals surface area contributed by atoms with Crippen LogP contribution < -0.4 is 10.6 Å². The molecular formula is C15H19Cl2N3O. The van der Waals surface area contributed by atoms with Gasteiger partial charge in [-0.05, 0) is 44.0 Å². The van der Waals surface area contributed by atoms with Gasteiger partial charge in [0.2, 0.25) is 5.91 Å². The van der Waals surface area contributed by atoms with Crippen molar-refractivity contribution in [2.75, 3.05) is 31.5 Å². The number of carbonyl (C=O) groups is 1. The number of fused-ring (bicyclic) bond motifs is 1. The lowest BCUT2D eigenvalue weighted by Crippen LogP contribution is -2.48. The molecule has 0 spiro atoms. The number of para-hydroxylation sites is 1. The molecule has 0 saturated carbocycles. The van der Waals surface area contributed by atoms with Crippen molar-refractivity contribution in [3.8, 4) is 0 Å². The largest absolute Gasteiger partial charge is 0.322 e. The predicted octanol–water partition coefficient (Wildman–Crippen LogP) is 2.62. The Morgan fingerprint density at radius 3 is 2.86 bits per heavy atom. The SMILES string of the molecule is O=C(CN1CCCC2CNCC21)Nc1c(Cl)cccc1Cl. The molecule has 4 nitrogen and oxygen atoms in total. The normalized spacial score (nSPS) is 25.6. The molecule has 1 amide bonds. The van der Waals surface area contributed by atoms with Crippen molar-refractivity contribution in [3.05, 3.63) is 28.2 Å². The van der Waals surface area contributed by atoms with Crippen LogP contribution in [0.25, 0.3) is 0 Å². The van der Waals surface area contributed by atoms with Crippen molar-refractivity contribution in [2.24, 2.45) is 5.92 Å². The molecule has 1 aromatic carbocycles. The summed E-state index contributed by atoms with van der Waals surface area (Å²) in [4.78, 5) is 14.6. The van der Waals surface area contributed by atoms with Gasteiger partial charge in [0, 0.05) is 12.6 Å². The van der Waals surface area contributed by atoms with Gasteiger partial charge in [0.1, 0.15) is 0 Å². The highest BCUT2D eigenvalue weighted by atomic mass is 35.5. The highest BCUT2D eigenvalue weighted by molar-refractivity contribution is 6.39. The second-order valence-electron chi connectivity index (χ2n) is 5.74. The number of halogens is 2. The van der Waals surface area contributed by atoms with Crippen LogP contribution in [0.4, 0.5) is 5.69 Å². The van der Waals surface area contributed by atoms with E-state index in [9.17, 15) is 4.79 Å². The van der Waals surface area contributed by atoms with Crippen molar-refractivity contribution in [1.29, 1.82) is 0 Å². The first-order chi connectivity index (χ1) is 10.1. The number of hydrogen-bond acceptors (Lipinski definition) is 3. The number of nitrogens with one attached hydrogen (secondary N) is 2. The lowest BCUT2D eigenvalue weighted by molar-refractivity contribution is -0.118. The quantitative estimate of drug-likeness (QED) is 0.896. The van der Waals surface area contributed by atoms with Crippen LogP contribution in [0.5, 0.6) is 0 Å².